The number of rotatable bonds is 12. The van der Waals surface area contributed by atoms with Crippen LogP contribution in [-0.2, 0) is 29.3 Å². The van der Waals surface area contributed by atoms with E-state index in [0.717, 1.165) is 30.7 Å². The standard InChI is InChI=1S/C23H32F4N4O2S/c1-5-6-11-31(3)22-19(9-10-21(30-22)23(25,26)27)14-28-13-16(2)17-7-8-18(20(24)12-17)15-29-34(4,32)33/h7-10,12,16,28-29H,5-6,11,13-15H2,1-4H3. The fraction of sp³-hybridized carbons (Fsp3) is 0.522. The topological polar surface area (TPSA) is 74.3 Å². The van der Waals surface area contributed by atoms with Crippen LogP contribution in [0.1, 0.15) is 55.0 Å². The Morgan fingerprint density at radius 2 is 1.79 bits per heavy atom. The highest BCUT2D eigenvalue weighted by Gasteiger charge is 2.33. The molecule has 0 aliphatic rings. The van der Waals surface area contributed by atoms with Crippen LogP contribution in [0.2, 0.25) is 0 Å². The number of nitrogens with one attached hydrogen (secondary N) is 2. The molecule has 34 heavy (non-hydrogen) atoms. The molecule has 0 saturated heterocycles. The summed E-state index contributed by atoms with van der Waals surface area (Å²) in [5.41, 5.74) is 0.680. The van der Waals surface area contributed by atoms with E-state index in [0.29, 0.717) is 25.2 Å². The summed E-state index contributed by atoms with van der Waals surface area (Å²) >= 11 is 0. The van der Waals surface area contributed by atoms with E-state index < -0.39 is 27.7 Å². The van der Waals surface area contributed by atoms with Gasteiger partial charge < -0.3 is 10.2 Å². The maximum absolute atomic E-state index is 14.4. The van der Waals surface area contributed by atoms with Gasteiger partial charge in [0, 0.05) is 44.4 Å². The Bertz CT molecular complexity index is 1060. The molecule has 0 amide bonds. The number of unbranched alkanes of at least 4 members (excludes halogenated alkanes) is 1. The number of halogens is 4. The molecule has 0 spiro atoms. The molecule has 190 valence electrons. The van der Waals surface area contributed by atoms with E-state index in [4.69, 9.17) is 0 Å². The molecule has 11 heteroatoms. The average molecular weight is 505 g/mol. The van der Waals surface area contributed by atoms with Crippen molar-refractivity contribution in [3.8, 4) is 0 Å². The van der Waals surface area contributed by atoms with Crippen LogP contribution in [0.5, 0.6) is 0 Å². The first-order chi connectivity index (χ1) is 15.8. The highest BCUT2D eigenvalue weighted by atomic mass is 32.2. The Kier molecular flexibility index (Phi) is 9.84. The predicted octanol–water partition coefficient (Wildman–Crippen LogP) is 4.42. The Morgan fingerprint density at radius 3 is 2.38 bits per heavy atom. The van der Waals surface area contributed by atoms with Gasteiger partial charge in [-0.3, -0.25) is 0 Å². The Balaban J connectivity index is 2.07. The van der Waals surface area contributed by atoms with Crippen molar-refractivity contribution in [2.75, 3.05) is 31.3 Å². The van der Waals surface area contributed by atoms with Crippen LogP contribution in [0.15, 0.2) is 30.3 Å². The van der Waals surface area contributed by atoms with E-state index in [1.807, 2.05) is 13.8 Å². The smallest absolute Gasteiger partial charge is 0.359 e. The molecule has 0 aliphatic heterocycles. The SMILES string of the molecule is CCCCN(C)c1nc(C(F)(F)F)ccc1CNCC(C)c1ccc(CNS(C)(=O)=O)c(F)c1. The van der Waals surface area contributed by atoms with Gasteiger partial charge in [0.25, 0.3) is 0 Å². The highest BCUT2D eigenvalue weighted by molar-refractivity contribution is 7.88. The number of anilines is 1. The number of pyridine rings is 1. The third-order valence-electron chi connectivity index (χ3n) is 5.39. The third-order valence-corrected chi connectivity index (χ3v) is 6.06. The lowest BCUT2D eigenvalue weighted by Gasteiger charge is -2.23. The number of hydrogen-bond acceptors (Lipinski definition) is 5. The van der Waals surface area contributed by atoms with Gasteiger partial charge in [0.15, 0.2) is 0 Å². The predicted molar refractivity (Wildman–Crippen MR) is 126 cm³/mol. The van der Waals surface area contributed by atoms with Crippen molar-refractivity contribution in [1.29, 1.82) is 0 Å². The first-order valence-corrected chi connectivity index (χ1v) is 12.9. The largest absolute Gasteiger partial charge is 0.433 e. The van der Waals surface area contributed by atoms with Crippen molar-refractivity contribution >= 4 is 15.8 Å². The first-order valence-electron chi connectivity index (χ1n) is 11.0. The summed E-state index contributed by atoms with van der Waals surface area (Å²) in [6.45, 7) is 5.13. The van der Waals surface area contributed by atoms with Gasteiger partial charge in [0.05, 0.1) is 6.26 Å². The zero-order valence-corrected chi connectivity index (χ0v) is 20.7. The van der Waals surface area contributed by atoms with Crippen molar-refractivity contribution < 1.29 is 26.0 Å². The monoisotopic (exact) mass is 504 g/mol. The van der Waals surface area contributed by atoms with Crippen LogP contribution in [-0.4, -0.2) is 39.8 Å². The number of alkyl halides is 3. The lowest BCUT2D eigenvalue weighted by atomic mass is 9.99. The van der Waals surface area contributed by atoms with E-state index in [2.05, 4.69) is 15.0 Å². The summed E-state index contributed by atoms with van der Waals surface area (Å²) in [7, 11) is -1.70. The molecule has 2 rings (SSSR count). The minimum atomic E-state index is -4.52. The Labute approximate surface area is 198 Å². The van der Waals surface area contributed by atoms with E-state index in [1.54, 1.807) is 24.1 Å². The quantitative estimate of drug-likeness (QED) is 0.419. The molecule has 1 unspecified atom stereocenters. The van der Waals surface area contributed by atoms with Crippen LogP contribution >= 0.6 is 0 Å². The summed E-state index contributed by atoms with van der Waals surface area (Å²) in [4.78, 5) is 5.61. The van der Waals surface area contributed by atoms with Gasteiger partial charge in [-0.05, 0) is 30.0 Å². The average Bonchev–Trinajstić information content (AvgIpc) is 2.75. The summed E-state index contributed by atoms with van der Waals surface area (Å²) in [6.07, 6.45) is -1.77. The van der Waals surface area contributed by atoms with Crippen LogP contribution in [0, 0.1) is 5.82 Å². The summed E-state index contributed by atoms with van der Waals surface area (Å²) in [6, 6.07) is 7.07. The molecule has 1 heterocycles. The second-order valence-electron chi connectivity index (χ2n) is 8.43. The van der Waals surface area contributed by atoms with Crippen LogP contribution < -0.4 is 14.9 Å². The van der Waals surface area contributed by atoms with Crippen LogP contribution in [0.3, 0.4) is 0 Å². The van der Waals surface area contributed by atoms with Crippen molar-refractivity contribution in [3.63, 3.8) is 0 Å². The normalized spacial score (nSPS) is 13.2. The molecule has 0 aliphatic carbocycles. The first kappa shape index (κ1) is 28.0. The minimum absolute atomic E-state index is 0.0879. The van der Waals surface area contributed by atoms with Crippen molar-refractivity contribution in [3.05, 3.63) is 58.5 Å². The Morgan fingerprint density at radius 1 is 1.12 bits per heavy atom. The second-order valence-corrected chi connectivity index (χ2v) is 10.3. The van der Waals surface area contributed by atoms with Crippen LogP contribution in [0.25, 0.3) is 0 Å². The summed E-state index contributed by atoms with van der Waals surface area (Å²) in [5, 5.41) is 3.23. The van der Waals surface area contributed by atoms with Crippen molar-refractivity contribution in [2.24, 2.45) is 0 Å². The van der Waals surface area contributed by atoms with Crippen molar-refractivity contribution in [2.45, 2.75) is 51.9 Å². The number of aromatic nitrogens is 1. The number of hydrogen-bond donors (Lipinski definition) is 2. The lowest BCUT2D eigenvalue weighted by Crippen LogP contribution is -2.26. The number of sulfonamides is 1. The molecule has 2 N–H and O–H groups in total. The lowest BCUT2D eigenvalue weighted by molar-refractivity contribution is -0.141. The fourth-order valence-corrected chi connectivity index (χ4v) is 3.79. The molecule has 1 aromatic carbocycles. The van der Waals surface area contributed by atoms with Gasteiger partial charge in [-0.25, -0.2) is 22.5 Å². The molecule has 0 bridgehead atoms. The second kappa shape index (κ2) is 11.9. The van der Waals surface area contributed by atoms with Gasteiger partial charge in [0.1, 0.15) is 17.3 Å². The summed E-state index contributed by atoms with van der Waals surface area (Å²) < 4.78 is 78.6. The van der Waals surface area contributed by atoms with Crippen LogP contribution in [0.4, 0.5) is 23.4 Å². The van der Waals surface area contributed by atoms with E-state index in [1.165, 1.54) is 12.1 Å². The molecule has 0 fully saturated rings. The molecular weight excluding hydrogens is 472 g/mol. The van der Waals surface area contributed by atoms with Gasteiger partial charge in [-0.2, -0.15) is 13.2 Å². The van der Waals surface area contributed by atoms with Gasteiger partial charge in [-0.1, -0.05) is 38.5 Å². The number of nitrogens with zero attached hydrogens (tertiary/aromatic N) is 2. The van der Waals surface area contributed by atoms with E-state index in [-0.39, 0.29) is 23.8 Å². The molecule has 1 aromatic heterocycles. The molecule has 6 nitrogen and oxygen atoms in total. The number of benzene rings is 1. The maximum atomic E-state index is 14.4. The van der Waals surface area contributed by atoms with Gasteiger partial charge in [0.2, 0.25) is 10.0 Å². The van der Waals surface area contributed by atoms with E-state index in [9.17, 15) is 26.0 Å². The van der Waals surface area contributed by atoms with Crippen molar-refractivity contribution in [1.82, 2.24) is 15.0 Å². The molecule has 0 radical (unpaired) electrons. The maximum Gasteiger partial charge on any atom is 0.433 e. The highest BCUT2D eigenvalue weighted by Crippen LogP contribution is 2.30. The van der Waals surface area contributed by atoms with Gasteiger partial charge in [-0.15, -0.1) is 0 Å². The zero-order chi connectivity index (χ0) is 25.5. The third kappa shape index (κ3) is 8.52. The van der Waals surface area contributed by atoms with Gasteiger partial charge >= 0.3 is 6.18 Å². The fourth-order valence-electron chi connectivity index (χ4n) is 3.37. The molecule has 2 aromatic rings. The molecule has 0 saturated carbocycles. The summed E-state index contributed by atoms with van der Waals surface area (Å²) in [5.74, 6) is -0.306. The molecule has 1 atom stereocenters. The Hall–Kier alpha value is -2.24. The molecular formula is C23H32F4N4O2S. The minimum Gasteiger partial charge on any atom is -0.359 e. The zero-order valence-electron chi connectivity index (χ0n) is 19.8. The van der Waals surface area contributed by atoms with E-state index >= 15 is 0 Å².